The second kappa shape index (κ2) is 4.95. The van der Waals surface area contributed by atoms with Gasteiger partial charge >= 0.3 is 0 Å². The monoisotopic (exact) mass is 253 g/mol. The molecule has 3 aromatic rings. The van der Waals surface area contributed by atoms with Crippen molar-refractivity contribution < 1.29 is 21.7 Å². The van der Waals surface area contributed by atoms with Gasteiger partial charge in [0.2, 0.25) is 0 Å². The Morgan fingerprint density at radius 2 is 1.65 bits per heavy atom. The van der Waals surface area contributed by atoms with Crippen molar-refractivity contribution in [3.05, 3.63) is 66.2 Å². The van der Waals surface area contributed by atoms with Crippen LogP contribution in [0.5, 0.6) is 0 Å². The van der Waals surface area contributed by atoms with Gasteiger partial charge in [-0.2, -0.15) is 6.07 Å². The van der Waals surface area contributed by atoms with Crippen molar-refractivity contribution in [1.82, 2.24) is 0 Å². The molecule has 0 radical (unpaired) electrons. The van der Waals surface area contributed by atoms with Gasteiger partial charge in [0.25, 0.3) is 0 Å². The van der Waals surface area contributed by atoms with E-state index >= 15 is 0 Å². The van der Waals surface area contributed by atoms with Crippen LogP contribution in [0.4, 0.5) is 0 Å². The van der Waals surface area contributed by atoms with Crippen LogP contribution >= 0.6 is 0 Å². The molecular weight excluding hydrogens is 240 g/mol. The van der Waals surface area contributed by atoms with Crippen LogP contribution in [0.1, 0.15) is 5.56 Å². The van der Waals surface area contributed by atoms with E-state index in [1.807, 2.05) is 0 Å². The molecule has 0 amide bonds. The minimum atomic E-state index is 0. The first-order valence-corrected chi connectivity index (χ1v) is 5.56. The molecular formula is C16H13Ti-. The van der Waals surface area contributed by atoms with Crippen molar-refractivity contribution in [3.63, 3.8) is 0 Å². The summed E-state index contributed by atoms with van der Waals surface area (Å²) < 4.78 is 0. The van der Waals surface area contributed by atoms with Gasteiger partial charge in [-0.15, -0.1) is 34.5 Å². The first-order valence-electron chi connectivity index (χ1n) is 5.56. The second-order valence-corrected chi connectivity index (χ2v) is 4.21. The summed E-state index contributed by atoms with van der Waals surface area (Å²) in [6.07, 6.45) is 0. The predicted molar refractivity (Wildman–Crippen MR) is 69.7 cm³/mol. The Hall–Kier alpha value is -1.24. The molecule has 0 spiro atoms. The average molecular weight is 253 g/mol. The molecule has 0 bridgehead atoms. The maximum Gasteiger partial charge on any atom is 0 e. The Morgan fingerprint density at radius 3 is 2.41 bits per heavy atom. The van der Waals surface area contributed by atoms with Gasteiger partial charge in [0.1, 0.15) is 0 Å². The van der Waals surface area contributed by atoms with E-state index in [1.165, 1.54) is 27.5 Å². The largest absolute Gasteiger partial charge is 0.165 e. The Kier molecular flexibility index (Phi) is 3.56. The maximum absolute atomic E-state index is 2.26. The van der Waals surface area contributed by atoms with E-state index in [1.54, 1.807) is 0 Å². The molecule has 0 N–H and O–H groups in total. The second-order valence-electron chi connectivity index (χ2n) is 4.21. The van der Waals surface area contributed by atoms with Crippen molar-refractivity contribution in [2.75, 3.05) is 0 Å². The molecule has 0 unspecified atom stereocenters. The molecule has 0 aromatic heterocycles. The molecule has 82 valence electrons. The summed E-state index contributed by atoms with van der Waals surface area (Å²) in [4.78, 5) is 0. The molecule has 0 aliphatic rings. The number of hydrogen-bond donors (Lipinski definition) is 0. The van der Waals surface area contributed by atoms with E-state index in [0.717, 1.165) is 0 Å². The van der Waals surface area contributed by atoms with Crippen LogP contribution in [-0.2, 0) is 21.7 Å². The molecule has 0 aliphatic heterocycles. The SMILES string of the molecule is Cc1cc2c(-c3ccccc3)cccc2[cH-]1.[Ti]. The molecule has 3 rings (SSSR count). The number of benzene rings is 2. The Labute approximate surface area is 117 Å². The summed E-state index contributed by atoms with van der Waals surface area (Å²) in [5.41, 5.74) is 3.95. The zero-order valence-electron chi connectivity index (χ0n) is 9.77. The van der Waals surface area contributed by atoms with Crippen LogP contribution in [0.25, 0.3) is 21.9 Å². The fraction of sp³-hybridized carbons (Fsp3) is 0.0625. The maximum atomic E-state index is 2.26. The molecule has 3 aromatic carbocycles. The molecule has 0 heterocycles. The minimum absolute atomic E-state index is 0. The molecule has 1 heteroatoms. The van der Waals surface area contributed by atoms with Gasteiger partial charge in [-0.3, -0.25) is 0 Å². The minimum Gasteiger partial charge on any atom is -0.165 e. The molecule has 0 nitrogen and oxygen atoms in total. The van der Waals surface area contributed by atoms with Crippen molar-refractivity contribution >= 4 is 10.8 Å². The van der Waals surface area contributed by atoms with E-state index in [-0.39, 0.29) is 21.7 Å². The van der Waals surface area contributed by atoms with Crippen LogP contribution in [0.2, 0.25) is 0 Å². The van der Waals surface area contributed by atoms with Gasteiger partial charge in [-0.1, -0.05) is 48.9 Å². The van der Waals surface area contributed by atoms with Crippen molar-refractivity contribution in [2.24, 2.45) is 0 Å². The van der Waals surface area contributed by atoms with Crippen LogP contribution in [0.3, 0.4) is 0 Å². The fourth-order valence-corrected chi connectivity index (χ4v) is 2.25. The van der Waals surface area contributed by atoms with Crippen LogP contribution in [0, 0.1) is 6.92 Å². The van der Waals surface area contributed by atoms with Crippen molar-refractivity contribution in [3.8, 4) is 11.1 Å². The standard InChI is InChI=1S/C16H13.Ti/c1-12-10-14-8-5-9-15(16(14)11-12)13-6-3-2-4-7-13;/h2-11H,1H3;/q-1;. The third kappa shape index (κ3) is 2.24. The first kappa shape index (κ1) is 12.2. The van der Waals surface area contributed by atoms with Gasteiger partial charge in [0.15, 0.2) is 0 Å². The van der Waals surface area contributed by atoms with Gasteiger partial charge in [-0.25, -0.2) is 0 Å². The van der Waals surface area contributed by atoms with E-state index < -0.39 is 0 Å². The van der Waals surface area contributed by atoms with E-state index in [2.05, 4.69) is 67.6 Å². The number of rotatable bonds is 1. The van der Waals surface area contributed by atoms with Gasteiger partial charge in [-0.05, 0) is 5.56 Å². The summed E-state index contributed by atoms with van der Waals surface area (Å²) in [5.74, 6) is 0. The summed E-state index contributed by atoms with van der Waals surface area (Å²) >= 11 is 0. The number of fused-ring (bicyclic) bond motifs is 1. The summed E-state index contributed by atoms with van der Waals surface area (Å²) in [6, 6.07) is 21.6. The summed E-state index contributed by atoms with van der Waals surface area (Å²) in [7, 11) is 0. The quantitative estimate of drug-likeness (QED) is 0.441. The van der Waals surface area contributed by atoms with Crippen molar-refractivity contribution in [1.29, 1.82) is 0 Å². The molecule has 0 fully saturated rings. The van der Waals surface area contributed by atoms with Gasteiger partial charge in [0.05, 0.1) is 0 Å². The number of aryl methyl sites for hydroxylation is 1. The molecule has 0 aliphatic carbocycles. The van der Waals surface area contributed by atoms with Gasteiger partial charge in [0, 0.05) is 21.7 Å². The van der Waals surface area contributed by atoms with E-state index in [4.69, 9.17) is 0 Å². The smallest absolute Gasteiger partial charge is 0 e. The van der Waals surface area contributed by atoms with Crippen LogP contribution < -0.4 is 0 Å². The molecule has 0 atom stereocenters. The van der Waals surface area contributed by atoms with Crippen LogP contribution in [0.15, 0.2) is 60.7 Å². The van der Waals surface area contributed by atoms with Gasteiger partial charge < -0.3 is 0 Å². The Balaban J connectivity index is 0.00000108. The Morgan fingerprint density at radius 1 is 0.882 bits per heavy atom. The number of hydrogen-bond acceptors (Lipinski definition) is 0. The zero-order chi connectivity index (χ0) is 11.0. The fourth-order valence-electron chi connectivity index (χ4n) is 2.25. The van der Waals surface area contributed by atoms with E-state index in [0.29, 0.717) is 0 Å². The van der Waals surface area contributed by atoms with E-state index in [9.17, 15) is 0 Å². The average Bonchev–Trinajstić information content (AvgIpc) is 2.70. The molecule has 0 saturated carbocycles. The summed E-state index contributed by atoms with van der Waals surface area (Å²) in [6.45, 7) is 2.15. The van der Waals surface area contributed by atoms with Crippen LogP contribution in [-0.4, -0.2) is 0 Å². The molecule has 17 heavy (non-hydrogen) atoms. The predicted octanol–water partition coefficient (Wildman–Crippen LogP) is 4.53. The first-order chi connectivity index (χ1) is 7.84. The van der Waals surface area contributed by atoms with Crippen molar-refractivity contribution in [2.45, 2.75) is 6.92 Å². The topological polar surface area (TPSA) is 0 Å². The third-order valence-electron chi connectivity index (χ3n) is 2.98. The summed E-state index contributed by atoms with van der Waals surface area (Å²) in [5, 5.41) is 2.69. The Bertz CT molecular complexity index is 620. The normalized spacial score (nSPS) is 10.2. The third-order valence-corrected chi connectivity index (χ3v) is 2.98. The zero-order valence-corrected chi connectivity index (χ0v) is 11.3. The molecule has 0 saturated heterocycles.